The number of nitrogens with zero attached hydrogens (tertiary/aromatic N) is 3. The van der Waals surface area contributed by atoms with Gasteiger partial charge in [-0.25, -0.2) is 4.98 Å². The second kappa shape index (κ2) is 6.61. The Kier molecular flexibility index (Phi) is 5.12. The van der Waals surface area contributed by atoms with E-state index in [1.165, 1.54) is 36.6 Å². The van der Waals surface area contributed by atoms with Crippen molar-refractivity contribution in [1.82, 2.24) is 20.1 Å². The number of nitrogens with one attached hydrogen (secondary N) is 1. The Morgan fingerprint density at radius 3 is 2.89 bits per heavy atom. The lowest BCUT2D eigenvalue weighted by atomic mass is 10.0. The van der Waals surface area contributed by atoms with E-state index in [0.29, 0.717) is 0 Å². The van der Waals surface area contributed by atoms with Gasteiger partial charge in [-0.05, 0) is 47.1 Å². The summed E-state index contributed by atoms with van der Waals surface area (Å²) in [7, 11) is 6.40. The predicted molar refractivity (Wildman–Crippen MR) is 76.9 cm³/mol. The van der Waals surface area contributed by atoms with Gasteiger partial charge in [0.05, 0.1) is 5.69 Å². The maximum atomic E-state index is 4.65. The maximum absolute atomic E-state index is 4.65. The van der Waals surface area contributed by atoms with Crippen molar-refractivity contribution in [2.75, 3.05) is 34.2 Å². The number of likely N-dealkylation sites (tertiary alicyclic amines) is 1. The molecule has 0 aliphatic carbocycles. The Morgan fingerprint density at radius 1 is 1.50 bits per heavy atom. The molecule has 0 saturated carbocycles. The fourth-order valence-corrected chi connectivity index (χ4v) is 3.27. The van der Waals surface area contributed by atoms with Gasteiger partial charge in [-0.15, -0.1) is 11.3 Å². The zero-order valence-electron chi connectivity index (χ0n) is 11.6. The molecule has 0 bridgehead atoms. The molecular formula is C13H24N4S. The molecule has 0 amide bonds. The molecular weight excluding hydrogens is 244 g/mol. The molecule has 2 heterocycles. The number of thiazole rings is 1. The molecule has 0 atom stereocenters. The molecule has 1 fully saturated rings. The van der Waals surface area contributed by atoms with Crippen molar-refractivity contribution in [2.24, 2.45) is 0 Å². The molecule has 0 unspecified atom stereocenters. The van der Waals surface area contributed by atoms with E-state index in [9.17, 15) is 0 Å². The van der Waals surface area contributed by atoms with Crippen LogP contribution in [0.5, 0.6) is 0 Å². The molecule has 2 rings (SSSR count). The third kappa shape index (κ3) is 3.75. The van der Waals surface area contributed by atoms with E-state index >= 15 is 0 Å². The molecule has 1 aliphatic rings. The summed E-state index contributed by atoms with van der Waals surface area (Å²) in [4.78, 5) is 9.53. The smallest absolute Gasteiger partial charge is 0.107 e. The summed E-state index contributed by atoms with van der Waals surface area (Å²) in [6, 6.07) is 0.718. The minimum absolute atomic E-state index is 0.718. The second-order valence-electron chi connectivity index (χ2n) is 5.21. The van der Waals surface area contributed by atoms with Gasteiger partial charge < -0.3 is 10.2 Å². The monoisotopic (exact) mass is 268 g/mol. The van der Waals surface area contributed by atoms with Crippen LogP contribution in [0.2, 0.25) is 0 Å². The van der Waals surface area contributed by atoms with Crippen LogP contribution in [0.1, 0.15) is 23.5 Å². The highest BCUT2D eigenvalue weighted by Gasteiger charge is 2.20. The second-order valence-corrected chi connectivity index (χ2v) is 6.16. The normalized spacial score (nSPS) is 18.7. The zero-order valence-corrected chi connectivity index (χ0v) is 12.5. The summed E-state index contributed by atoms with van der Waals surface area (Å²) in [5.41, 5.74) is 1.21. The summed E-state index contributed by atoms with van der Waals surface area (Å²) >= 11 is 1.75. The molecule has 0 radical (unpaired) electrons. The summed E-state index contributed by atoms with van der Waals surface area (Å²) in [5, 5.41) is 6.52. The first-order valence-corrected chi connectivity index (χ1v) is 7.53. The molecule has 1 N–H and O–H groups in total. The van der Waals surface area contributed by atoms with E-state index in [2.05, 4.69) is 39.6 Å². The average Bonchev–Trinajstić information content (AvgIpc) is 2.78. The minimum Gasteiger partial charge on any atom is -0.314 e. The number of rotatable bonds is 5. The molecule has 102 valence electrons. The highest BCUT2D eigenvalue weighted by atomic mass is 32.1. The summed E-state index contributed by atoms with van der Waals surface area (Å²) in [5.74, 6) is 0. The number of hydrogen-bond acceptors (Lipinski definition) is 5. The molecule has 0 aromatic carbocycles. The van der Waals surface area contributed by atoms with E-state index in [1.807, 2.05) is 7.05 Å². The van der Waals surface area contributed by atoms with E-state index in [1.54, 1.807) is 11.3 Å². The van der Waals surface area contributed by atoms with Crippen molar-refractivity contribution in [3.63, 3.8) is 0 Å². The summed E-state index contributed by atoms with van der Waals surface area (Å²) in [6.07, 6.45) is 2.56. The van der Waals surface area contributed by atoms with E-state index in [-0.39, 0.29) is 0 Å². The third-order valence-corrected chi connectivity index (χ3v) is 4.55. The standard InChI is InChI=1S/C13H24N4S/c1-14-8-13-15-11(10-18-13)9-17(3)12-4-6-16(2)7-5-12/h10,12,14H,4-9H2,1-3H3. The summed E-state index contributed by atoms with van der Waals surface area (Å²) < 4.78 is 0. The van der Waals surface area contributed by atoms with Crippen LogP contribution in [-0.4, -0.2) is 55.1 Å². The van der Waals surface area contributed by atoms with Crippen LogP contribution in [0.4, 0.5) is 0 Å². The summed E-state index contributed by atoms with van der Waals surface area (Å²) in [6.45, 7) is 4.30. The minimum atomic E-state index is 0.718. The van der Waals surface area contributed by atoms with Crippen molar-refractivity contribution in [3.05, 3.63) is 16.1 Å². The lowest BCUT2D eigenvalue weighted by molar-refractivity contribution is 0.138. The van der Waals surface area contributed by atoms with Crippen LogP contribution in [0.15, 0.2) is 5.38 Å². The number of piperidine rings is 1. The van der Waals surface area contributed by atoms with Crippen LogP contribution in [0, 0.1) is 0 Å². The van der Waals surface area contributed by atoms with Gasteiger partial charge in [0.2, 0.25) is 0 Å². The first-order chi connectivity index (χ1) is 8.69. The van der Waals surface area contributed by atoms with Crippen molar-refractivity contribution >= 4 is 11.3 Å². The lowest BCUT2D eigenvalue weighted by Crippen LogP contribution is -2.41. The van der Waals surface area contributed by atoms with Crippen molar-refractivity contribution in [3.8, 4) is 0 Å². The van der Waals surface area contributed by atoms with Gasteiger partial charge in [0.25, 0.3) is 0 Å². The average molecular weight is 268 g/mol. The Balaban J connectivity index is 1.84. The van der Waals surface area contributed by atoms with Crippen molar-refractivity contribution < 1.29 is 0 Å². The highest BCUT2D eigenvalue weighted by molar-refractivity contribution is 7.09. The Hall–Kier alpha value is -0.490. The van der Waals surface area contributed by atoms with Crippen LogP contribution < -0.4 is 5.32 Å². The van der Waals surface area contributed by atoms with Gasteiger partial charge in [-0.3, -0.25) is 4.90 Å². The van der Waals surface area contributed by atoms with Gasteiger partial charge in [-0.1, -0.05) is 0 Å². The van der Waals surface area contributed by atoms with Gasteiger partial charge in [0.1, 0.15) is 5.01 Å². The molecule has 0 spiro atoms. The van der Waals surface area contributed by atoms with E-state index in [0.717, 1.165) is 19.1 Å². The molecule has 1 aromatic heterocycles. The Morgan fingerprint density at radius 2 is 2.22 bits per heavy atom. The van der Waals surface area contributed by atoms with Crippen LogP contribution in [0.25, 0.3) is 0 Å². The first kappa shape index (κ1) is 13.9. The third-order valence-electron chi connectivity index (χ3n) is 3.65. The fourth-order valence-electron chi connectivity index (χ4n) is 2.47. The topological polar surface area (TPSA) is 31.4 Å². The van der Waals surface area contributed by atoms with Crippen molar-refractivity contribution in [2.45, 2.75) is 32.0 Å². The molecule has 1 saturated heterocycles. The molecule has 5 heteroatoms. The first-order valence-electron chi connectivity index (χ1n) is 6.65. The van der Waals surface area contributed by atoms with E-state index in [4.69, 9.17) is 0 Å². The Labute approximate surface area is 114 Å². The number of aromatic nitrogens is 1. The highest BCUT2D eigenvalue weighted by Crippen LogP contribution is 2.17. The maximum Gasteiger partial charge on any atom is 0.107 e. The fraction of sp³-hybridized carbons (Fsp3) is 0.769. The Bertz CT molecular complexity index is 358. The zero-order chi connectivity index (χ0) is 13.0. The van der Waals surface area contributed by atoms with Crippen LogP contribution in [0.3, 0.4) is 0 Å². The lowest BCUT2D eigenvalue weighted by Gasteiger charge is -2.34. The van der Waals surface area contributed by atoms with Gasteiger partial charge in [0, 0.05) is 24.5 Å². The largest absolute Gasteiger partial charge is 0.314 e. The molecule has 4 nitrogen and oxygen atoms in total. The van der Waals surface area contributed by atoms with Gasteiger partial charge in [0.15, 0.2) is 0 Å². The van der Waals surface area contributed by atoms with Crippen LogP contribution >= 0.6 is 11.3 Å². The van der Waals surface area contributed by atoms with Crippen molar-refractivity contribution in [1.29, 1.82) is 0 Å². The SMILES string of the molecule is CNCc1nc(CN(C)C2CCN(C)CC2)cs1. The predicted octanol–water partition coefficient (Wildman–Crippen LogP) is 1.39. The number of hydrogen-bond donors (Lipinski definition) is 1. The molecule has 1 aliphatic heterocycles. The van der Waals surface area contributed by atoms with Gasteiger partial charge in [-0.2, -0.15) is 0 Å². The molecule has 18 heavy (non-hydrogen) atoms. The van der Waals surface area contributed by atoms with E-state index < -0.39 is 0 Å². The van der Waals surface area contributed by atoms with Crippen LogP contribution in [-0.2, 0) is 13.1 Å². The molecule has 1 aromatic rings. The quantitative estimate of drug-likeness (QED) is 0.874. The van der Waals surface area contributed by atoms with Gasteiger partial charge >= 0.3 is 0 Å².